The third-order valence-electron chi connectivity index (χ3n) is 3.12. The fraction of sp³-hybridized carbons (Fsp3) is 0.667. The van der Waals surface area contributed by atoms with Crippen molar-refractivity contribution in [1.29, 1.82) is 0 Å². The zero-order chi connectivity index (χ0) is 10.5. The number of nitrogens with two attached hydrogens (primary N) is 1. The quantitative estimate of drug-likeness (QED) is 0.821. The molecule has 0 aromatic carbocycles. The highest BCUT2D eigenvalue weighted by atomic mass is 14.9. The van der Waals surface area contributed by atoms with Gasteiger partial charge in [0.2, 0.25) is 0 Å². The highest BCUT2D eigenvalue weighted by molar-refractivity contribution is 5.09. The van der Waals surface area contributed by atoms with E-state index in [0.717, 1.165) is 12.2 Å². The van der Waals surface area contributed by atoms with E-state index < -0.39 is 0 Å². The van der Waals surface area contributed by atoms with E-state index in [2.05, 4.69) is 16.0 Å². The van der Waals surface area contributed by atoms with Gasteiger partial charge in [0.05, 0.1) is 0 Å². The van der Waals surface area contributed by atoms with Crippen LogP contribution in [0.25, 0.3) is 0 Å². The van der Waals surface area contributed by atoms with Crippen molar-refractivity contribution >= 4 is 0 Å². The van der Waals surface area contributed by atoms with Crippen molar-refractivity contribution in [2.45, 2.75) is 44.4 Å². The Morgan fingerprint density at radius 1 is 1.27 bits per heavy atom. The lowest BCUT2D eigenvalue weighted by Crippen LogP contribution is -2.11. The van der Waals surface area contributed by atoms with Crippen LogP contribution < -0.4 is 5.73 Å². The summed E-state index contributed by atoms with van der Waals surface area (Å²) in [6, 6.07) is 2.07. The van der Waals surface area contributed by atoms with Gasteiger partial charge in [0.25, 0.3) is 0 Å². The van der Waals surface area contributed by atoms with Crippen LogP contribution in [0.15, 0.2) is 12.3 Å². The second-order valence-electron chi connectivity index (χ2n) is 4.27. The molecule has 1 aromatic heterocycles. The van der Waals surface area contributed by atoms with Crippen LogP contribution in [0.4, 0.5) is 0 Å². The Hall–Kier alpha value is -0.960. The van der Waals surface area contributed by atoms with Gasteiger partial charge in [0.15, 0.2) is 0 Å². The average molecular weight is 205 g/mol. The molecule has 0 aliphatic heterocycles. The Balaban J connectivity index is 2.09. The Morgan fingerprint density at radius 3 is 2.80 bits per heavy atom. The Kier molecular flexibility index (Phi) is 3.67. The molecule has 0 amide bonds. The SMILES string of the molecule is NCCc1nccc(C2CCCCC2)n1. The molecule has 2 rings (SSSR count). The second kappa shape index (κ2) is 5.21. The summed E-state index contributed by atoms with van der Waals surface area (Å²) in [4.78, 5) is 8.83. The summed E-state index contributed by atoms with van der Waals surface area (Å²) in [7, 11) is 0. The average Bonchev–Trinajstić information content (AvgIpc) is 2.31. The van der Waals surface area contributed by atoms with Gasteiger partial charge in [0, 0.05) is 24.2 Å². The highest BCUT2D eigenvalue weighted by Crippen LogP contribution is 2.31. The first-order valence-corrected chi connectivity index (χ1v) is 5.92. The molecule has 15 heavy (non-hydrogen) atoms. The summed E-state index contributed by atoms with van der Waals surface area (Å²) in [5, 5.41) is 0. The fourth-order valence-electron chi connectivity index (χ4n) is 2.29. The summed E-state index contributed by atoms with van der Waals surface area (Å²) in [6.07, 6.45) is 9.33. The highest BCUT2D eigenvalue weighted by Gasteiger charge is 2.16. The van der Waals surface area contributed by atoms with Gasteiger partial charge >= 0.3 is 0 Å². The van der Waals surface area contributed by atoms with Crippen LogP contribution in [-0.4, -0.2) is 16.5 Å². The van der Waals surface area contributed by atoms with Crippen molar-refractivity contribution in [3.63, 3.8) is 0 Å². The molecule has 3 nitrogen and oxygen atoms in total. The van der Waals surface area contributed by atoms with Gasteiger partial charge in [-0.15, -0.1) is 0 Å². The van der Waals surface area contributed by atoms with E-state index in [0.29, 0.717) is 12.5 Å². The van der Waals surface area contributed by atoms with E-state index >= 15 is 0 Å². The molecule has 1 aliphatic rings. The summed E-state index contributed by atoms with van der Waals surface area (Å²) < 4.78 is 0. The van der Waals surface area contributed by atoms with E-state index in [-0.39, 0.29) is 0 Å². The zero-order valence-electron chi connectivity index (χ0n) is 9.15. The van der Waals surface area contributed by atoms with Crippen molar-refractivity contribution in [3.05, 3.63) is 23.8 Å². The van der Waals surface area contributed by atoms with E-state index in [1.807, 2.05) is 6.20 Å². The van der Waals surface area contributed by atoms with Gasteiger partial charge < -0.3 is 5.73 Å². The van der Waals surface area contributed by atoms with Gasteiger partial charge in [-0.25, -0.2) is 9.97 Å². The van der Waals surface area contributed by atoms with E-state index in [1.54, 1.807) is 0 Å². The van der Waals surface area contributed by atoms with Crippen LogP contribution in [0, 0.1) is 0 Å². The lowest BCUT2D eigenvalue weighted by molar-refractivity contribution is 0.435. The summed E-state index contributed by atoms with van der Waals surface area (Å²) >= 11 is 0. The monoisotopic (exact) mass is 205 g/mol. The largest absolute Gasteiger partial charge is 0.330 e. The molecule has 2 N–H and O–H groups in total. The third-order valence-corrected chi connectivity index (χ3v) is 3.12. The third kappa shape index (κ3) is 2.75. The Morgan fingerprint density at radius 2 is 2.07 bits per heavy atom. The van der Waals surface area contributed by atoms with E-state index in [1.165, 1.54) is 37.8 Å². The van der Waals surface area contributed by atoms with Crippen LogP contribution in [0.2, 0.25) is 0 Å². The molecule has 0 unspecified atom stereocenters. The molecule has 0 atom stereocenters. The van der Waals surface area contributed by atoms with Crippen molar-refractivity contribution < 1.29 is 0 Å². The molecule has 0 radical (unpaired) electrons. The van der Waals surface area contributed by atoms with E-state index in [9.17, 15) is 0 Å². The number of nitrogens with zero attached hydrogens (tertiary/aromatic N) is 2. The Labute approximate surface area is 91.1 Å². The van der Waals surface area contributed by atoms with E-state index in [4.69, 9.17) is 5.73 Å². The zero-order valence-corrected chi connectivity index (χ0v) is 9.15. The van der Waals surface area contributed by atoms with Crippen molar-refractivity contribution in [2.75, 3.05) is 6.54 Å². The van der Waals surface area contributed by atoms with Crippen LogP contribution in [0.5, 0.6) is 0 Å². The minimum absolute atomic E-state index is 0.633. The predicted molar refractivity (Wildman–Crippen MR) is 60.6 cm³/mol. The maximum absolute atomic E-state index is 5.51. The molecule has 82 valence electrons. The first-order valence-electron chi connectivity index (χ1n) is 5.92. The van der Waals surface area contributed by atoms with Crippen LogP contribution >= 0.6 is 0 Å². The summed E-state index contributed by atoms with van der Waals surface area (Å²) in [6.45, 7) is 0.633. The standard InChI is InChI=1S/C12H19N3/c13-8-6-12-14-9-7-11(15-12)10-4-2-1-3-5-10/h7,9-10H,1-6,8,13H2. The van der Waals surface area contributed by atoms with Crippen molar-refractivity contribution in [2.24, 2.45) is 5.73 Å². The van der Waals surface area contributed by atoms with Crippen molar-refractivity contribution in [3.8, 4) is 0 Å². The van der Waals surface area contributed by atoms with Gasteiger partial charge in [-0.2, -0.15) is 0 Å². The summed E-state index contributed by atoms with van der Waals surface area (Å²) in [5.41, 5.74) is 6.74. The minimum Gasteiger partial charge on any atom is -0.330 e. The maximum atomic E-state index is 5.51. The Bertz CT molecular complexity index is 305. The first kappa shape index (κ1) is 10.6. The van der Waals surface area contributed by atoms with Crippen LogP contribution in [0.3, 0.4) is 0 Å². The lowest BCUT2D eigenvalue weighted by atomic mass is 9.87. The number of hydrogen-bond acceptors (Lipinski definition) is 3. The minimum atomic E-state index is 0.633. The number of aromatic nitrogens is 2. The topological polar surface area (TPSA) is 51.8 Å². The summed E-state index contributed by atoms with van der Waals surface area (Å²) in [5.74, 6) is 1.57. The first-order chi connectivity index (χ1) is 7.40. The molecule has 1 aromatic rings. The molecule has 3 heteroatoms. The predicted octanol–water partition coefficient (Wildman–Crippen LogP) is 2.03. The van der Waals surface area contributed by atoms with Gasteiger partial charge in [-0.05, 0) is 25.5 Å². The molecular weight excluding hydrogens is 186 g/mol. The molecule has 1 saturated carbocycles. The molecule has 0 spiro atoms. The number of hydrogen-bond donors (Lipinski definition) is 1. The van der Waals surface area contributed by atoms with Crippen LogP contribution in [0.1, 0.15) is 49.5 Å². The molecule has 1 aliphatic carbocycles. The maximum Gasteiger partial charge on any atom is 0.129 e. The number of rotatable bonds is 3. The van der Waals surface area contributed by atoms with Gasteiger partial charge in [-0.1, -0.05) is 19.3 Å². The normalized spacial score (nSPS) is 17.9. The lowest BCUT2D eigenvalue weighted by Gasteiger charge is -2.21. The fourth-order valence-corrected chi connectivity index (χ4v) is 2.29. The molecule has 0 bridgehead atoms. The van der Waals surface area contributed by atoms with Gasteiger partial charge in [0.1, 0.15) is 5.82 Å². The molecular formula is C12H19N3. The molecule has 1 heterocycles. The second-order valence-corrected chi connectivity index (χ2v) is 4.27. The van der Waals surface area contributed by atoms with Gasteiger partial charge in [-0.3, -0.25) is 0 Å². The van der Waals surface area contributed by atoms with Crippen molar-refractivity contribution in [1.82, 2.24) is 9.97 Å². The molecule has 1 fully saturated rings. The molecule has 0 saturated heterocycles. The van der Waals surface area contributed by atoms with Crippen LogP contribution in [-0.2, 0) is 6.42 Å². The smallest absolute Gasteiger partial charge is 0.129 e.